The Bertz CT molecular complexity index is 485. The molecule has 1 aromatic rings. The maximum Gasteiger partial charge on any atom is 0.433 e. The maximum atomic E-state index is 12.8. The van der Waals surface area contributed by atoms with E-state index >= 15 is 0 Å². The van der Waals surface area contributed by atoms with Crippen LogP contribution in [-0.4, -0.2) is 73.1 Å². The molecule has 1 aromatic heterocycles. The van der Waals surface area contributed by atoms with Gasteiger partial charge in [0.1, 0.15) is 5.82 Å². The second kappa shape index (κ2) is 7.10. The molecule has 0 spiro atoms. The van der Waals surface area contributed by atoms with Crippen LogP contribution >= 0.6 is 0 Å². The van der Waals surface area contributed by atoms with Crippen molar-refractivity contribution in [2.45, 2.75) is 6.18 Å². The van der Waals surface area contributed by atoms with Crippen LogP contribution in [0.1, 0.15) is 5.69 Å². The molecule has 2 heterocycles. The topological polar surface area (TPSA) is 56.3 Å². The van der Waals surface area contributed by atoms with Gasteiger partial charge in [-0.1, -0.05) is 0 Å². The predicted molar refractivity (Wildman–Crippen MR) is 79.0 cm³/mol. The fourth-order valence-electron chi connectivity index (χ4n) is 2.21. The van der Waals surface area contributed by atoms with E-state index in [1.54, 1.807) is 0 Å². The number of nitrogens with zero attached hydrogens (tertiary/aromatic N) is 4. The van der Waals surface area contributed by atoms with E-state index in [-0.39, 0.29) is 11.8 Å². The van der Waals surface area contributed by atoms with Gasteiger partial charge in [-0.25, -0.2) is 4.98 Å². The quantitative estimate of drug-likeness (QED) is 0.851. The Kier molecular flexibility index (Phi) is 5.41. The largest absolute Gasteiger partial charge is 0.433 e. The second-order valence-corrected chi connectivity index (χ2v) is 5.28. The van der Waals surface area contributed by atoms with E-state index in [1.807, 2.05) is 0 Å². The van der Waals surface area contributed by atoms with E-state index < -0.39 is 11.9 Å². The van der Waals surface area contributed by atoms with Crippen LogP contribution in [0, 0.1) is 0 Å². The summed E-state index contributed by atoms with van der Waals surface area (Å²) in [6.07, 6.45) is -4.48. The van der Waals surface area contributed by atoms with E-state index in [2.05, 4.69) is 37.4 Å². The fourth-order valence-corrected chi connectivity index (χ4v) is 2.21. The molecular formula is C13H21F3N6. The van der Waals surface area contributed by atoms with E-state index in [4.69, 9.17) is 0 Å². The van der Waals surface area contributed by atoms with Crippen molar-refractivity contribution in [2.24, 2.45) is 0 Å². The number of likely N-dealkylation sites (N-methyl/N-ethyl adjacent to an activating group) is 1. The van der Waals surface area contributed by atoms with Crippen LogP contribution in [0.3, 0.4) is 0 Å². The summed E-state index contributed by atoms with van der Waals surface area (Å²) in [5, 5.41) is 5.49. The number of hydrogen-bond donors (Lipinski definition) is 2. The molecule has 6 nitrogen and oxygen atoms in total. The molecule has 1 aliphatic rings. The summed E-state index contributed by atoms with van der Waals surface area (Å²) < 4.78 is 38.3. The molecule has 2 N–H and O–H groups in total. The van der Waals surface area contributed by atoms with Crippen molar-refractivity contribution < 1.29 is 13.2 Å². The Morgan fingerprint density at radius 3 is 2.45 bits per heavy atom. The van der Waals surface area contributed by atoms with Gasteiger partial charge in [0, 0.05) is 52.4 Å². The summed E-state index contributed by atoms with van der Waals surface area (Å²) in [5.74, 6) is 0.137. The lowest BCUT2D eigenvalue weighted by Crippen LogP contribution is -2.45. The molecule has 124 valence electrons. The number of piperazine rings is 1. The minimum atomic E-state index is -4.48. The lowest BCUT2D eigenvalue weighted by Gasteiger charge is -2.32. The molecule has 0 atom stereocenters. The van der Waals surface area contributed by atoms with E-state index in [9.17, 15) is 13.2 Å². The molecule has 0 radical (unpaired) electrons. The first-order valence-electron chi connectivity index (χ1n) is 7.17. The van der Waals surface area contributed by atoms with Gasteiger partial charge in [0.05, 0.1) is 0 Å². The third kappa shape index (κ3) is 4.70. The number of halogens is 3. The van der Waals surface area contributed by atoms with Crippen molar-refractivity contribution in [3.8, 4) is 0 Å². The molecule has 0 aliphatic carbocycles. The zero-order chi connectivity index (χ0) is 16.2. The van der Waals surface area contributed by atoms with Gasteiger partial charge in [-0.05, 0) is 7.05 Å². The van der Waals surface area contributed by atoms with Crippen molar-refractivity contribution in [3.63, 3.8) is 0 Å². The highest BCUT2D eigenvalue weighted by molar-refractivity contribution is 5.42. The van der Waals surface area contributed by atoms with Crippen LogP contribution < -0.4 is 10.6 Å². The van der Waals surface area contributed by atoms with Crippen LogP contribution in [0.2, 0.25) is 0 Å². The molecular weight excluding hydrogens is 297 g/mol. The van der Waals surface area contributed by atoms with Gasteiger partial charge in [-0.2, -0.15) is 18.2 Å². The first kappa shape index (κ1) is 16.8. The van der Waals surface area contributed by atoms with E-state index in [0.717, 1.165) is 38.8 Å². The zero-order valence-corrected chi connectivity index (χ0v) is 12.7. The molecule has 0 bridgehead atoms. The van der Waals surface area contributed by atoms with Gasteiger partial charge in [0.2, 0.25) is 5.95 Å². The molecule has 0 aromatic carbocycles. The normalized spacial score (nSPS) is 17.5. The lowest BCUT2D eigenvalue weighted by atomic mass is 10.3. The van der Waals surface area contributed by atoms with Crippen LogP contribution in [0.4, 0.5) is 24.9 Å². The first-order valence-corrected chi connectivity index (χ1v) is 7.17. The van der Waals surface area contributed by atoms with Crippen molar-refractivity contribution in [2.75, 3.05) is 64.0 Å². The minimum absolute atomic E-state index is 0.0445. The van der Waals surface area contributed by atoms with Crippen LogP contribution in [0.15, 0.2) is 6.07 Å². The SMILES string of the molecule is CNc1nc(NCCN2CCN(C)CC2)cc(C(F)(F)F)n1. The third-order valence-electron chi connectivity index (χ3n) is 3.57. The number of alkyl halides is 3. The Balaban J connectivity index is 1.92. The van der Waals surface area contributed by atoms with Gasteiger partial charge in [-0.3, -0.25) is 4.90 Å². The molecule has 0 unspecified atom stereocenters. The Hall–Kier alpha value is -1.61. The number of rotatable bonds is 5. The summed E-state index contributed by atoms with van der Waals surface area (Å²) in [6.45, 7) is 5.27. The van der Waals surface area contributed by atoms with Gasteiger partial charge in [-0.15, -0.1) is 0 Å². The van der Waals surface area contributed by atoms with Gasteiger partial charge in [0.15, 0.2) is 5.69 Å². The Morgan fingerprint density at radius 2 is 1.86 bits per heavy atom. The molecule has 22 heavy (non-hydrogen) atoms. The Morgan fingerprint density at radius 1 is 1.18 bits per heavy atom. The average molecular weight is 318 g/mol. The molecule has 0 amide bonds. The standard InChI is InChI=1S/C13H21F3N6/c1-17-12-19-10(13(14,15)16)9-11(20-12)18-3-4-22-7-5-21(2)6-8-22/h9H,3-8H2,1-2H3,(H2,17,18,19,20). The van der Waals surface area contributed by atoms with Crippen molar-refractivity contribution in [1.82, 2.24) is 19.8 Å². The number of hydrogen-bond acceptors (Lipinski definition) is 6. The first-order chi connectivity index (χ1) is 10.4. The third-order valence-corrected chi connectivity index (χ3v) is 3.57. The average Bonchev–Trinajstić information content (AvgIpc) is 2.48. The zero-order valence-electron chi connectivity index (χ0n) is 12.7. The highest BCUT2D eigenvalue weighted by atomic mass is 19.4. The van der Waals surface area contributed by atoms with Gasteiger partial charge in [0.25, 0.3) is 0 Å². The van der Waals surface area contributed by atoms with E-state index in [0.29, 0.717) is 6.54 Å². The number of aromatic nitrogens is 2. The molecule has 1 fully saturated rings. The van der Waals surface area contributed by atoms with Gasteiger partial charge < -0.3 is 15.5 Å². The lowest BCUT2D eigenvalue weighted by molar-refractivity contribution is -0.141. The maximum absolute atomic E-state index is 12.8. The summed E-state index contributed by atoms with van der Waals surface area (Å²) in [6, 6.07) is 0.935. The molecule has 0 saturated carbocycles. The minimum Gasteiger partial charge on any atom is -0.369 e. The molecule has 2 rings (SSSR count). The summed E-state index contributed by atoms with van der Waals surface area (Å²) in [7, 11) is 3.57. The summed E-state index contributed by atoms with van der Waals surface area (Å²) in [4.78, 5) is 12.0. The second-order valence-electron chi connectivity index (χ2n) is 5.28. The highest BCUT2D eigenvalue weighted by Crippen LogP contribution is 2.29. The van der Waals surface area contributed by atoms with Crippen molar-refractivity contribution >= 4 is 11.8 Å². The monoisotopic (exact) mass is 318 g/mol. The number of nitrogens with one attached hydrogen (secondary N) is 2. The van der Waals surface area contributed by atoms with Crippen LogP contribution in [-0.2, 0) is 6.18 Å². The smallest absolute Gasteiger partial charge is 0.369 e. The predicted octanol–water partition coefficient (Wildman–Crippen LogP) is 1.20. The fraction of sp³-hybridized carbons (Fsp3) is 0.692. The van der Waals surface area contributed by atoms with E-state index in [1.165, 1.54) is 7.05 Å². The van der Waals surface area contributed by atoms with Gasteiger partial charge >= 0.3 is 6.18 Å². The molecule has 1 aliphatic heterocycles. The summed E-state index contributed by atoms with van der Waals surface area (Å²) in [5.41, 5.74) is -0.950. The van der Waals surface area contributed by atoms with Crippen molar-refractivity contribution in [1.29, 1.82) is 0 Å². The molecule has 1 saturated heterocycles. The number of anilines is 2. The Labute approximate surface area is 127 Å². The molecule has 9 heteroatoms. The van der Waals surface area contributed by atoms with Crippen LogP contribution in [0.25, 0.3) is 0 Å². The summed E-state index contributed by atoms with van der Waals surface area (Å²) >= 11 is 0. The van der Waals surface area contributed by atoms with Crippen molar-refractivity contribution in [3.05, 3.63) is 11.8 Å². The van der Waals surface area contributed by atoms with Crippen LogP contribution in [0.5, 0.6) is 0 Å². The highest BCUT2D eigenvalue weighted by Gasteiger charge is 2.33.